The van der Waals surface area contributed by atoms with E-state index in [2.05, 4.69) is 15.4 Å². The minimum absolute atomic E-state index is 0.172. The molecule has 6 nitrogen and oxygen atoms in total. The zero-order valence-electron chi connectivity index (χ0n) is 13.6. The minimum Gasteiger partial charge on any atom is -0.450 e. The third kappa shape index (κ3) is 6.24. The monoisotopic (exact) mass is 378 g/mol. The largest absolute Gasteiger partial charge is 0.450 e. The predicted molar refractivity (Wildman–Crippen MR) is 100 cm³/mol. The van der Waals surface area contributed by atoms with Gasteiger partial charge in [0, 0.05) is 5.75 Å². The van der Waals surface area contributed by atoms with Crippen LogP contribution in [0, 0.1) is 0 Å². The zero-order chi connectivity index (χ0) is 18.1. The molecule has 0 aliphatic rings. The van der Waals surface area contributed by atoms with E-state index in [9.17, 15) is 14.4 Å². The lowest BCUT2D eigenvalue weighted by Gasteiger charge is -2.07. The summed E-state index contributed by atoms with van der Waals surface area (Å²) >= 11 is 2.71. The van der Waals surface area contributed by atoms with E-state index in [1.807, 2.05) is 30.3 Å². The normalized spacial score (nSPS) is 10.1. The van der Waals surface area contributed by atoms with Crippen molar-refractivity contribution in [1.82, 2.24) is 5.32 Å². The lowest BCUT2D eigenvalue weighted by atomic mass is 10.2. The van der Waals surface area contributed by atoms with Crippen LogP contribution in [0.5, 0.6) is 0 Å². The molecule has 2 rings (SSSR count). The minimum atomic E-state index is -0.811. The summed E-state index contributed by atoms with van der Waals surface area (Å²) in [6.45, 7) is 1.82. The molecule has 0 radical (unpaired) electrons. The highest BCUT2D eigenvalue weighted by Crippen LogP contribution is 2.23. The van der Waals surface area contributed by atoms with Crippen molar-refractivity contribution in [2.45, 2.75) is 12.7 Å². The molecule has 0 saturated heterocycles. The maximum atomic E-state index is 12.1. The molecule has 0 unspecified atom stereocenters. The summed E-state index contributed by atoms with van der Waals surface area (Å²) in [5, 5.41) is 6.90. The number of benzene rings is 1. The summed E-state index contributed by atoms with van der Waals surface area (Å²) in [6, 6.07) is 11.4. The van der Waals surface area contributed by atoms with Crippen LogP contribution in [0.1, 0.15) is 22.8 Å². The summed E-state index contributed by atoms with van der Waals surface area (Å²) < 4.78 is 4.67. The van der Waals surface area contributed by atoms with Gasteiger partial charge in [0.2, 0.25) is 5.91 Å². The standard InChI is InChI=1S/C17H18N2O4S2/c1-2-23-17(22)19-15(21)13-8-9-25-16(13)18-14(20)11-24-10-12-6-4-3-5-7-12/h3-9H,2,10-11H2,1H3,(H,18,20)(H,19,21,22). The third-order valence-electron chi connectivity index (χ3n) is 3.00. The van der Waals surface area contributed by atoms with E-state index in [1.165, 1.54) is 23.1 Å². The summed E-state index contributed by atoms with van der Waals surface area (Å²) in [5.74, 6) is 0.196. The highest BCUT2D eigenvalue weighted by atomic mass is 32.2. The van der Waals surface area contributed by atoms with E-state index in [0.29, 0.717) is 5.00 Å². The molecule has 1 heterocycles. The molecule has 0 saturated carbocycles. The fourth-order valence-electron chi connectivity index (χ4n) is 1.91. The highest BCUT2D eigenvalue weighted by Gasteiger charge is 2.17. The van der Waals surface area contributed by atoms with Crippen molar-refractivity contribution < 1.29 is 19.1 Å². The Hall–Kier alpha value is -2.32. The van der Waals surface area contributed by atoms with Crippen molar-refractivity contribution in [3.8, 4) is 0 Å². The first-order chi connectivity index (χ1) is 12.1. The molecule has 2 aromatic rings. The molecule has 25 heavy (non-hydrogen) atoms. The molecule has 2 N–H and O–H groups in total. The second kappa shape index (κ2) is 9.85. The summed E-state index contributed by atoms with van der Waals surface area (Å²) in [6.07, 6.45) is -0.811. The van der Waals surface area contributed by atoms with Crippen LogP contribution >= 0.6 is 23.1 Å². The Morgan fingerprint density at radius 1 is 1.16 bits per heavy atom. The van der Waals surface area contributed by atoms with Crippen LogP contribution in [-0.4, -0.2) is 30.3 Å². The van der Waals surface area contributed by atoms with Gasteiger partial charge in [0.05, 0.1) is 17.9 Å². The summed E-state index contributed by atoms with van der Waals surface area (Å²) in [7, 11) is 0. The number of alkyl carbamates (subject to hydrolysis) is 1. The molecular formula is C17H18N2O4S2. The first kappa shape index (κ1) is 19.0. The van der Waals surface area contributed by atoms with Crippen LogP contribution in [0.2, 0.25) is 0 Å². The molecule has 0 fully saturated rings. The van der Waals surface area contributed by atoms with Gasteiger partial charge in [-0.2, -0.15) is 0 Å². The fourth-order valence-corrected chi connectivity index (χ4v) is 3.50. The lowest BCUT2D eigenvalue weighted by molar-refractivity contribution is -0.113. The van der Waals surface area contributed by atoms with Gasteiger partial charge in [-0.15, -0.1) is 23.1 Å². The van der Waals surface area contributed by atoms with E-state index in [4.69, 9.17) is 0 Å². The summed E-state index contributed by atoms with van der Waals surface area (Å²) in [4.78, 5) is 35.4. The molecule has 0 aliphatic carbocycles. The Balaban J connectivity index is 1.84. The summed E-state index contributed by atoms with van der Waals surface area (Å²) in [5.41, 5.74) is 1.38. The number of ether oxygens (including phenoxy) is 1. The van der Waals surface area contributed by atoms with Gasteiger partial charge in [0.15, 0.2) is 0 Å². The molecule has 3 amide bonds. The van der Waals surface area contributed by atoms with Gasteiger partial charge >= 0.3 is 6.09 Å². The van der Waals surface area contributed by atoms with Gasteiger partial charge in [0.1, 0.15) is 5.00 Å². The maximum Gasteiger partial charge on any atom is 0.414 e. The number of thiophene rings is 1. The predicted octanol–water partition coefficient (Wildman–Crippen LogP) is 3.51. The Morgan fingerprint density at radius 3 is 2.64 bits per heavy atom. The third-order valence-corrected chi connectivity index (χ3v) is 4.83. The van der Waals surface area contributed by atoms with Crippen molar-refractivity contribution >= 4 is 46.0 Å². The molecule has 1 aromatic heterocycles. The van der Waals surface area contributed by atoms with Crippen molar-refractivity contribution in [3.63, 3.8) is 0 Å². The number of nitrogens with one attached hydrogen (secondary N) is 2. The van der Waals surface area contributed by atoms with E-state index in [1.54, 1.807) is 18.4 Å². The lowest BCUT2D eigenvalue weighted by Crippen LogP contribution is -2.31. The highest BCUT2D eigenvalue weighted by molar-refractivity contribution is 7.99. The zero-order valence-corrected chi connectivity index (χ0v) is 15.2. The second-order valence-corrected chi connectivity index (χ2v) is 6.77. The molecule has 1 aromatic carbocycles. The smallest absolute Gasteiger partial charge is 0.414 e. The number of thioether (sulfide) groups is 1. The molecule has 0 aliphatic heterocycles. The van der Waals surface area contributed by atoms with Crippen molar-refractivity contribution in [3.05, 3.63) is 52.9 Å². The van der Waals surface area contributed by atoms with Gasteiger partial charge in [-0.05, 0) is 23.9 Å². The molecule has 0 spiro atoms. The number of carbonyl (C=O) groups excluding carboxylic acids is 3. The Bertz CT molecular complexity index is 731. The molecular weight excluding hydrogens is 360 g/mol. The van der Waals surface area contributed by atoms with E-state index < -0.39 is 12.0 Å². The van der Waals surface area contributed by atoms with Gasteiger partial charge in [-0.25, -0.2) is 4.79 Å². The van der Waals surface area contributed by atoms with Gasteiger partial charge in [-0.1, -0.05) is 30.3 Å². The van der Waals surface area contributed by atoms with E-state index in [0.717, 1.165) is 11.3 Å². The average molecular weight is 378 g/mol. The van der Waals surface area contributed by atoms with Crippen LogP contribution < -0.4 is 10.6 Å². The number of carbonyl (C=O) groups is 3. The van der Waals surface area contributed by atoms with Crippen molar-refractivity contribution in [1.29, 1.82) is 0 Å². The van der Waals surface area contributed by atoms with Crippen LogP contribution in [0.15, 0.2) is 41.8 Å². The van der Waals surface area contributed by atoms with Crippen LogP contribution in [-0.2, 0) is 15.3 Å². The number of rotatable bonds is 7. The number of hydrogen-bond acceptors (Lipinski definition) is 6. The topological polar surface area (TPSA) is 84.5 Å². The Labute approximate surface area is 154 Å². The van der Waals surface area contributed by atoms with E-state index >= 15 is 0 Å². The van der Waals surface area contributed by atoms with Gasteiger partial charge in [-0.3, -0.25) is 14.9 Å². The van der Waals surface area contributed by atoms with Crippen molar-refractivity contribution in [2.75, 3.05) is 17.7 Å². The number of hydrogen-bond donors (Lipinski definition) is 2. The van der Waals surface area contributed by atoms with Gasteiger partial charge < -0.3 is 10.1 Å². The van der Waals surface area contributed by atoms with Crippen LogP contribution in [0.4, 0.5) is 9.80 Å². The number of imide groups is 1. The fraction of sp³-hybridized carbons (Fsp3) is 0.235. The molecule has 0 bridgehead atoms. The van der Waals surface area contributed by atoms with Crippen LogP contribution in [0.3, 0.4) is 0 Å². The molecule has 132 valence electrons. The quantitative estimate of drug-likeness (QED) is 0.770. The second-order valence-electron chi connectivity index (χ2n) is 4.86. The molecule has 8 heteroatoms. The maximum absolute atomic E-state index is 12.1. The van der Waals surface area contributed by atoms with Crippen LogP contribution in [0.25, 0.3) is 0 Å². The Morgan fingerprint density at radius 2 is 1.92 bits per heavy atom. The first-order valence-electron chi connectivity index (χ1n) is 7.57. The van der Waals surface area contributed by atoms with Gasteiger partial charge in [0.25, 0.3) is 5.91 Å². The first-order valence-corrected chi connectivity index (χ1v) is 9.60. The Kier molecular flexibility index (Phi) is 7.49. The average Bonchev–Trinajstić information content (AvgIpc) is 3.04. The number of anilines is 1. The SMILES string of the molecule is CCOC(=O)NC(=O)c1ccsc1NC(=O)CSCc1ccccc1. The molecule has 0 atom stereocenters. The van der Waals surface area contributed by atoms with Crippen molar-refractivity contribution in [2.24, 2.45) is 0 Å². The van der Waals surface area contributed by atoms with E-state index in [-0.39, 0.29) is 23.8 Å². The number of amides is 3.